The van der Waals surface area contributed by atoms with E-state index in [2.05, 4.69) is 11.8 Å². The van der Waals surface area contributed by atoms with Crippen molar-refractivity contribution in [1.29, 1.82) is 0 Å². The molecule has 0 saturated heterocycles. The number of hydrogen-bond donors (Lipinski definition) is 1. The molecule has 2 rings (SSSR count). The van der Waals surface area contributed by atoms with Crippen LogP contribution in [0.4, 0.5) is 5.69 Å². The molecule has 1 saturated carbocycles. The first kappa shape index (κ1) is 11.0. The van der Waals surface area contributed by atoms with Crippen molar-refractivity contribution in [2.75, 3.05) is 18.5 Å². The van der Waals surface area contributed by atoms with Gasteiger partial charge in [-0.25, -0.2) is 4.79 Å². The Morgan fingerprint density at radius 2 is 2.12 bits per heavy atom. The number of carboxylic acid groups (broad SMARTS) is 1. The molecule has 0 aromatic heterocycles. The summed E-state index contributed by atoms with van der Waals surface area (Å²) < 4.78 is 0. The zero-order valence-corrected chi connectivity index (χ0v) is 9.68. The van der Waals surface area contributed by atoms with E-state index >= 15 is 0 Å². The SMILES string of the molecule is CC1CC1CN(C)c1ccccc1C(=O)O. The third kappa shape index (κ3) is 2.18. The molecule has 0 amide bonds. The molecule has 86 valence electrons. The Hall–Kier alpha value is -1.51. The Labute approximate surface area is 95.7 Å². The molecule has 1 aliphatic rings. The summed E-state index contributed by atoms with van der Waals surface area (Å²) in [6.07, 6.45) is 1.26. The first-order valence-electron chi connectivity index (χ1n) is 5.63. The molecule has 0 radical (unpaired) electrons. The van der Waals surface area contributed by atoms with Gasteiger partial charge in [-0.1, -0.05) is 19.1 Å². The van der Waals surface area contributed by atoms with Gasteiger partial charge < -0.3 is 10.0 Å². The van der Waals surface area contributed by atoms with Crippen LogP contribution in [0.25, 0.3) is 0 Å². The number of para-hydroxylation sites is 1. The zero-order valence-electron chi connectivity index (χ0n) is 9.68. The zero-order chi connectivity index (χ0) is 11.7. The van der Waals surface area contributed by atoms with Gasteiger partial charge in [-0.3, -0.25) is 0 Å². The normalized spacial score (nSPS) is 22.9. The van der Waals surface area contributed by atoms with E-state index in [1.54, 1.807) is 12.1 Å². The van der Waals surface area contributed by atoms with E-state index in [1.807, 2.05) is 19.2 Å². The Kier molecular flexibility index (Phi) is 2.86. The lowest BCUT2D eigenvalue weighted by molar-refractivity contribution is 0.0697. The van der Waals surface area contributed by atoms with Crippen LogP contribution in [0.1, 0.15) is 23.7 Å². The fraction of sp³-hybridized carbons (Fsp3) is 0.462. The van der Waals surface area contributed by atoms with E-state index in [0.717, 1.165) is 24.1 Å². The van der Waals surface area contributed by atoms with Gasteiger partial charge in [0.15, 0.2) is 0 Å². The smallest absolute Gasteiger partial charge is 0.337 e. The number of nitrogens with zero attached hydrogens (tertiary/aromatic N) is 1. The van der Waals surface area contributed by atoms with E-state index in [1.165, 1.54) is 6.42 Å². The summed E-state index contributed by atoms with van der Waals surface area (Å²) in [6, 6.07) is 7.18. The number of carboxylic acids is 1. The van der Waals surface area contributed by atoms with Crippen molar-refractivity contribution in [2.24, 2.45) is 11.8 Å². The van der Waals surface area contributed by atoms with E-state index in [0.29, 0.717) is 5.56 Å². The van der Waals surface area contributed by atoms with Gasteiger partial charge in [0.1, 0.15) is 0 Å². The maximum atomic E-state index is 11.1. The Bertz CT molecular complexity index is 403. The van der Waals surface area contributed by atoms with Gasteiger partial charge in [-0.15, -0.1) is 0 Å². The predicted molar refractivity (Wildman–Crippen MR) is 63.9 cm³/mol. The number of benzene rings is 1. The molecule has 0 aliphatic heterocycles. The Balaban J connectivity index is 2.15. The Morgan fingerprint density at radius 1 is 1.50 bits per heavy atom. The second-order valence-electron chi connectivity index (χ2n) is 4.68. The van der Waals surface area contributed by atoms with Crippen molar-refractivity contribution >= 4 is 11.7 Å². The van der Waals surface area contributed by atoms with Gasteiger partial charge >= 0.3 is 5.97 Å². The summed E-state index contributed by atoms with van der Waals surface area (Å²) in [5.74, 6) is 0.664. The molecule has 1 aromatic carbocycles. The minimum absolute atomic E-state index is 0.387. The van der Waals surface area contributed by atoms with Crippen molar-refractivity contribution in [2.45, 2.75) is 13.3 Å². The van der Waals surface area contributed by atoms with Crippen LogP contribution < -0.4 is 4.90 Å². The summed E-state index contributed by atoms with van der Waals surface area (Å²) >= 11 is 0. The van der Waals surface area contributed by atoms with Gasteiger partial charge in [0.2, 0.25) is 0 Å². The van der Waals surface area contributed by atoms with Gasteiger partial charge in [-0.2, -0.15) is 0 Å². The average molecular weight is 219 g/mol. The standard InChI is InChI=1S/C13H17NO2/c1-9-7-10(9)8-14(2)12-6-4-3-5-11(12)13(15)16/h3-6,9-10H,7-8H2,1-2H3,(H,15,16). The predicted octanol–water partition coefficient (Wildman–Crippen LogP) is 2.48. The molecule has 1 aliphatic carbocycles. The topological polar surface area (TPSA) is 40.5 Å². The van der Waals surface area contributed by atoms with E-state index in [4.69, 9.17) is 5.11 Å². The molecule has 3 nitrogen and oxygen atoms in total. The summed E-state index contributed by atoms with van der Waals surface area (Å²) in [6.45, 7) is 3.19. The monoisotopic (exact) mass is 219 g/mol. The van der Waals surface area contributed by atoms with Crippen molar-refractivity contribution < 1.29 is 9.90 Å². The fourth-order valence-corrected chi connectivity index (χ4v) is 2.09. The lowest BCUT2D eigenvalue weighted by Crippen LogP contribution is -2.22. The van der Waals surface area contributed by atoms with Crippen molar-refractivity contribution in [3.63, 3.8) is 0 Å². The molecule has 2 unspecified atom stereocenters. The highest BCUT2D eigenvalue weighted by Crippen LogP contribution is 2.38. The number of anilines is 1. The third-order valence-corrected chi connectivity index (χ3v) is 3.33. The van der Waals surface area contributed by atoms with Crippen LogP contribution in [-0.2, 0) is 0 Å². The molecule has 0 bridgehead atoms. The van der Waals surface area contributed by atoms with Crippen LogP contribution >= 0.6 is 0 Å². The quantitative estimate of drug-likeness (QED) is 0.845. The van der Waals surface area contributed by atoms with E-state index in [-0.39, 0.29) is 0 Å². The molecule has 16 heavy (non-hydrogen) atoms. The second kappa shape index (κ2) is 4.16. The van der Waals surface area contributed by atoms with Gasteiger partial charge in [0.05, 0.1) is 11.3 Å². The van der Waals surface area contributed by atoms with Crippen LogP contribution in [0.3, 0.4) is 0 Å². The largest absolute Gasteiger partial charge is 0.478 e. The maximum absolute atomic E-state index is 11.1. The summed E-state index contributed by atoms with van der Waals surface area (Å²) in [7, 11) is 1.97. The molecule has 0 heterocycles. The third-order valence-electron chi connectivity index (χ3n) is 3.33. The highest BCUT2D eigenvalue weighted by atomic mass is 16.4. The minimum atomic E-state index is -0.855. The van der Waals surface area contributed by atoms with Gasteiger partial charge in [-0.05, 0) is 30.4 Å². The number of carbonyl (C=O) groups is 1. The molecular weight excluding hydrogens is 202 g/mol. The highest BCUT2D eigenvalue weighted by Gasteiger charge is 2.33. The first-order chi connectivity index (χ1) is 7.59. The van der Waals surface area contributed by atoms with Crippen LogP contribution in [-0.4, -0.2) is 24.7 Å². The number of hydrogen-bond acceptors (Lipinski definition) is 2. The van der Waals surface area contributed by atoms with Crippen molar-refractivity contribution in [3.05, 3.63) is 29.8 Å². The summed E-state index contributed by atoms with van der Waals surface area (Å²) in [5.41, 5.74) is 1.20. The number of rotatable bonds is 4. The molecule has 3 heteroatoms. The number of aromatic carboxylic acids is 1. The first-order valence-corrected chi connectivity index (χ1v) is 5.63. The Morgan fingerprint density at radius 3 is 2.69 bits per heavy atom. The molecule has 0 spiro atoms. The average Bonchev–Trinajstić information content (AvgIpc) is 2.94. The molecule has 2 atom stereocenters. The van der Waals surface area contributed by atoms with E-state index < -0.39 is 5.97 Å². The van der Waals surface area contributed by atoms with Crippen LogP contribution in [0.5, 0.6) is 0 Å². The van der Waals surface area contributed by atoms with Crippen LogP contribution in [0, 0.1) is 11.8 Å². The lowest BCUT2D eigenvalue weighted by Gasteiger charge is -2.21. The second-order valence-corrected chi connectivity index (χ2v) is 4.68. The van der Waals surface area contributed by atoms with Crippen molar-refractivity contribution in [1.82, 2.24) is 0 Å². The lowest BCUT2D eigenvalue weighted by atomic mass is 10.1. The highest BCUT2D eigenvalue weighted by molar-refractivity contribution is 5.94. The molecule has 1 N–H and O–H groups in total. The molecule has 1 fully saturated rings. The molecular formula is C13H17NO2. The van der Waals surface area contributed by atoms with Crippen LogP contribution in [0.2, 0.25) is 0 Å². The molecule has 1 aromatic rings. The van der Waals surface area contributed by atoms with Crippen molar-refractivity contribution in [3.8, 4) is 0 Å². The fourth-order valence-electron chi connectivity index (χ4n) is 2.09. The minimum Gasteiger partial charge on any atom is -0.478 e. The van der Waals surface area contributed by atoms with Gasteiger partial charge in [0, 0.05) is 13.6 Å². The van der Waals surface area contributed by atoms with Crippen LogP contribution in [0.15, 0.2) is 24.3 Å². The maximum Gasteiger partial charge on any atom is 0.337 e. The summed E-state index contributed by atoms with van der Waals surface area (Å²) in [5, 5.41) is 9.09. The summed E-state index contributed by atoms with van der Waals surface area (Å²) in [4.78, 5) is 13.1. The van der Waals surface area contributed by atoms with E-state index in [9.17, 15) is 4.79 Å². The van der Waals surface area contributed by atoms with Gasteiger partial charge in [0.25, 0.3) is 0 Å².